The SMILES string of the molecule is COC1CCC(C2CC=C(c3ccc(C4CC(C)(C)NC(C)(C)C4)cc3F)CC2)CC1. The van der Waals surface area contributed by atoms with Crippen LogP contribution in [-0.4, -0.2) is 24.3 Å². The van der Waals surface area contributed by atoms with Crippen LogP contribution >= 0.6 is 0 Å². The van der Waals surface area contributed by atoms with Gasteiger partial charge in [0.2, 0.25) is 0 Å². The molecular weight excluding hydrogens is 385 g/mol. The van der Waals surface area contributed by atoms with E-state index in [2.05, 4.69) is 51.2 Å². The minimum atomic E-state index is -0.0306. The van der Waals surface area contributed by atoms with E-state index in [9.17, 15) is 0 Å². The number of methoxy groups -OCH3 is 1. The zero-order chi connectivity index (χ0) is 22.2. The van der Waals surface area contributed by atoms with Crippen LogP contribution in [0.1, 0.15) is 103 Å². The Labute approximate surface area is 189 Å². The van der Waals surface area contributed by atoms with E-state index in [1.807, 2.05) is 13.2 Å². The summed E-state index contributed by atoms with van der Waals surface area (Å²) in [6.07, 6.45) is 13.2. The highest BCUT2D eigenvalue weighted by Gasteiger charge is 2.38. The van der Waals surface area contributed by atoms with Gasteiger partial charge in [-0.1, -0.05) is 18.2 Å². The monoisotopic (exact) mass is 427 g/mol. The quantitative estimate of drug-likeness (QED) is 0.547. The second-order valence-corrected chi connectivity index (χ2v) is 11.8. The summed E-state index contributed by atoms with van der Waals surface area (Å²) in [4.78, 5) is 0. The minimum Gasteiger partial charge on any atom is -0.381 e. The molecule has 3 heteroatoms. The lowest BCUT2D eigenvalue weighted by Gasteiger charge is -2.46. The van der Waals surface area contributed by atoms with Crippen LogP contribution < -0.4 is 5.32 Å². The van der Waals surface area contributed by atoms with Crippen molar-refractivity contribution in [2.24, 2.45) is 11.8 Å². The second-order valence-electron chi connectivity index (χ2n) is 11.8. The standard InChI is InChI=1S/C28H42FNO/c1-27(2)17-23(18-28(3,4)30-27)22-12-15-25(26(29)16-22)21-8-6-19(7-9-21)20-10-13-24(31-5)14-11-20/h8,12,15-16,19-20,23-24,30H,6-7,9-11,13-14,17-18H2,1-5H3. The van der Waals surface area contributed by atoms with Crippen molar-refractivity contribution in [1.82, 2.24) is 5.32 Å². The fourth-order valence-corrected chi connectivity index (χ4v) is 6.93. The summed E-state index contributed by atoms with van der Waals surface area (Å²) in [5, 5.41) is 3.74. The molecule has 31 heavy (non-hydrogen) atoms. The molecule has 0 radical (unpaired) electrons. The van der Waals surface area contributed by atoms with E-state index in [0.29, 0.717) is 12.0 Å². The minimum absolute atomic E-state index is 0.0306. The molecule has 3 aliphatic rings. The molecular formula is C28H42FNO. The topological polar surface area (TPSA) is 21.3 Å². The van der Waals surface area contributed by atoms with Crippen LogP contribution in [0.3, 0.4) is 0 Å². The maximum atomic E-state index is 15.2. The van der Waals surface area contributed by atoms with Crippen molar-refractivity contribution in [1.29, 1.82) is 0 Å². The van der Waals surface area contributed by atoms with Gasteiger partial charge in [-0.2, -0.15) is 0 Å². The van der Waals surface area contributed by atoms with E-state index in [1.165, 1.54) is 37.7 Å². The zero-order valence-electron chi connectivity index (χ0n) is 20.3. The average Bonchev–Trinajstić information content (AvgIpc) is 2.72. The molecule has 1 saturated heterocycles. The number of hydrogen-bond acceptors (Lipinski definition) is 2. The predicted octanol–water partition coefficient (Wildman–Crippen LogP) is 7.24. The lowest BCUT2D eigenvalue weighted by molar-refractivity contribution is 0.0454. The van der Waals surface area contributed by atoms with Gasteiger partial charge >= 0.3 is 0 Å². The molecule has 1 saturated carbocycles. The lowest BCUT2D eigenvalue weighted by atomic mass is 9.72. The molecule has 172 valence electrons. The van der Waals surface area contributed by atoms with Gasteiger partial charge in [-0.25, -0.2) is 4.39 Å². The largest absolute Gasteiger partial charge is 0.381 e. The Balaban J connectivity index is 1.42. The lowest BCUT2D eigenvalue weighted by Crippen LogP contribution is -2.57. The number of rotatable bonds is 4. The smallest absolute Gasteiger partial charge is 0.130 e. The predicted molar refractivity (Wildman–Crippen MR) is 128 cm³/mol. The third kappa shape index (κ3) is 5.42. The van der Waals surface area contributed by atoms with Crippen LogP contribution in [0, 0.1) is 17.7 Å². The van der Waals surface area contributed by atoms with Gasteiger partial charge in [-0.05, 0) is 120 Å². The molecule has 0 aromatic heterocycles. The van der Waals surface area contributed by atoms with Crippen LogP contribution in [-0.2, 0) is 4.74 Å². The fraction of sp³-hybridized carbons (Fsp3) is 0.714. The van der Waals surface area contributed by atoms with E-state index in [4.69, 9.17) is 4.74 Å². The van der Waals surface area contributed by atoms with E-state index < -0.39 is 0 Å². The van der Waals surface area contributed by atoms with Gasteiger partial charge in [0.25, 0.3) is 0 Å². The van der Waals surface area contributed by atoms with Crippen molar-refractivity contribution in [2.75, 3.05) is 7.11 Å². The van der Waals surface area contributed by atoms with Gasteiger partial charge in [-0.3, -0.25) is 0 Å². The first-order chi connectivity index (χ1) is 14.7. The van der Waals surface area contributed by atoms with Crippen LogP contribution in [0.25, 0.3) is 5.57 Å². The third-order valence-electron chi connectivity index (χ3n) is 8.17. The molecule has 4 rings (SSSR count). The molecule has 1 aromatic carbocycles. The van der Waals surface area contributed by atoms with E-state index in [1.54, 1.807) is 0 Å². The number of hydrogen-bond donors (Lipinski definition) is 1. The number of ether oxygens (including phenoxy) is 1. The van der Waals surface area contributed by atoms with Gasteiger partial charge in [-0.15, -0.1) is 0 Å². The maximum Gasteiger partial charge on any atom is 0.130 e. The number of allylic oxidation sites excluding steroid dienone is 2. The Morgan fingerprint density at radius 3 is 2.16 bits per heavy atom. The number of nitrogens with one attached hydrogen (secondary N) is 1. The van der Waals surface area contributed by atoms with E-state index in [0.717, 1.165) is 48.6 Å². The molecule has 0 amide bonds. The van der Waals surface area contributed by atoms with Gasteiger partial charge in [0.05, 0.1) is 6.10 Å². The Kier molecular flexibility index (Phi) is 6.66. The first-order valence-electron chi connectivity index (χ1n) is 12.5. The second kappa shape index (κ2) is 8.98. The van der Waals surface area contributed by atoms with Crippen LogP contribution in [0.15, 0.2) is 24.3 Å². The van der Waals surface area contributed by atoms with E-state index >= 15 is 4.39 Å². The van der Waals surface area contributed by atoms with Crippen molar-refractivity contribution >= 4 is 5.57 Å². The number of halogens is 1. The van der Waals surface area contributed by atoms with Crippen molar-refractivity contribution in [3.05, 3.63) is 41.2 Å². The molecule has 1 aliphatic heterocycles. The maximum absolute atomic E-state index is 15.2. The molecule has 2 aliphatic carbocycles. The molecule has 1 unspecified atom stereocenters. The molecule has 1 aromatic rings. The molecule has 1 heterocycles. The summed E-state index contributed by atoms with van der Waals surface area (Å²) in [7, 11) is 1.84. The highest BCUT2D eigenvalue weighted by atomic mass is 19.1. The van der Waals surface area contributed by atoms with Gasteiger partial charge in [0.15, 0.2) is 0 Å². The fourth-order valence-electron chi connectivity index (χ4n) is 6.93. The molecule has 0 spiro atoms. The average molecular weight is 428 g/mol. The highest BCUT2D eigenvalue weighted by molar-refractivity contribution is 5.67. The summed E-state index contributed by atoms with van der Waals surface area (Å²) in [5.74, 6) is 1.96. The highest BCUT2D eigenvalue weighted by Crippen LogP contribution is 2.42. The third-order valence-corrected chi connectivity index (χ3v) is 8.17. The summed E-state index contributed by atoms with van der Waals surface area (Å²) < 4.78 is 20.8. The molecule has 1 N–H and O–H groups in total. The summed E-state index contributed by atoms with van der Waals surface area (Å²) in [6.45, 7) is 9.04. The molecule has 0 bridgehead atoms. The van der Waals surface area contributed by atoms with Crippen molar-refractivity contribution in [3.8, 4) is 0 Å². The van der Waals surface area contributed by atoms with Crippen molar-refractivity contribution in [2.45, 2.75) is 109 Å². The zero-order valence-corrected chi connectivity index (χ0v) is 20.3. The molecule has 1 atom stereocenters. The first kappa shape index (κ1) is 23.0. The molecule has 2 nitrogen and oxygen atoms in total. The Morgan fingerprint density at radius 1 is 0.935 bits per heavy atom. The molecule has 2 fully saturated rings. The Morgan fingerprint density at radius 2 is 1.61 bits per heavy atom. The van der Waals surface area contributed by atoms with Crippen LogP contribution in [0.5, 0.6) is 0 Å². The van der Waals surface area contributed by atoms with Gasteiger partial charge in [0, 0.05) is 23.8 Å². The Hall–Kier alpha value is -1.19. The normalized spacial score (nSPS) is 31.3. The van der Waals surface area contributed by atoms with Crippen LogP contribution in [0.4, 0.5) is 4.39 Å². The van der Waals surface area contributed by atoms with Gasteiger partial charge < -0.3 is 10.1 Å². The van der Waals surface area contributed by atoms with Crippen LogP contribution in [0.2, 0.25) is 0 Å². The van der Waals surface area contributed by atoms with Crippen molar-refractivity contribution in [3.63, 3.8) is 0 Å². The first-order valence-corrected chi connectivity index (χ1v) is 12.5. The Bertz CT molecular complexity index is 787. The number of benzene rings is 1. The summed E-state index contributed by atoms with van der Waals surface area (Å²) >= 11 is 0. The van der Waals surface area contributed by atoms with Crippen molar-refractivity contribution < 1.29 is 9.13 Å². The van der Waals surface area contributed by atoms with E-state index in [-0.39, 0.29) is 16.9 Å². The summed E-state index contributed by atoms with van der Waals surface area (Å²) in [5.41, 5.74) is 3.36. The summed E-state index contributed by atoms with van der Waals surface area (Å²) in [6, 6.07) is 6.08. The number of piperidine rings is 1. The van der Waals surface area contributed by atoms with Gasteiger partial charge in [0.1, 0.15) is 5.82 Å².